The first-order valence-corrected chi connectivity index (χ1v) is 11.7. The van der Waals surface area contributed by atoms with Crippen molar-refractivity contribution >= 4 is 17.3 Å². The lowest BCUT2D eigenvalue weighted by Gasteiger charge is -2.29. The summed E-state index contributed by atoms with van der Waals surface area (Å²) in [7, 11) is 3.71. The first-order chi connectivity index (χ1) is 17.6. The van der Waals surface area contributed by atoms with Crippen LogP contribution in [0.5, 0.6) is 11.5 Å². The lowest BCUT2D eigenvalue weighted by molar-refractivity contribution is 0.122. The molecule has 0 atom stereocenters. The molecule has 5 rings (SSSR count). The molecule has 2 N–H and O–H groups in total. The van der Waals surface area contributed by atoms with Gasteiger partial charge in [-0.05, 0) is 23.6 Å². The van der Waals surface area contributed by atoms with Crippen LogP contribution in [0.15, 0.2) is 36.8 Å². The predicted octanol–water partition coefficient (Wildman–Crippen LogP) is 2.17. The van der Waals surface area contributed by atoms with Crippen LogP contribution < -0.4 is 25.0 Å². The molecule has 1 fully saturated rings. The number of aromatic nitrogens is 3. The van der Waals surface area contributed by atoms with Crippen molar-refractivity contribution in [3.8, 4) is 34.5 Å². The number of likely N-dealkylation sites (N-methyl/N-ethyl adjacent to an activating group) is 1. The Morgan fingerprint density at radius 2 is 1.92 bits per heavy atom. The maximum absolute atomic E-state index is 6.26. The fraction of sp³-hybridized carbons (Fsp3) is 0.346. The van der Waals surface area contributed by atoms with Gasteiger partial charge in [-0.15, -0.1) is 0 Å². The van der Waals surface area contributed by atoms with Gasteiger partial charge in [-0.3, -0.25) is 0 Å². The Hall–Kier alpha value is -4.07. The zero-order valence-corrected chi connectivity index (χ0v) is 20.4. The monoisotopic (exact) mass is 488 g/mol. The number of ether oxygens (including phenoxy) is 4. The van der Waals surface area contributed by atoms with E-state index in [4.69, 9.17) is 29.7 Å². The number of nitrogens with zero attached hydrogens (tertiary/aromatic N) is 5. The van der Waals surface area contributed by atoms with Gasteiger partial charge in [-0.1, -0.05) is 12.0 Å². The molecule has 2 aromatic heterocycles. The van der Waals surface area contributed by atoms with Crippen LogP contribution in [0.2, 0.25) is 0 Å². The Balaban J connectivity index is 1.52. The molecule has 3 aromatic rings. The Morgan fingerprint density at radius 1 is 1.08 bits per heavy atom. The lowest BCUT2D eigenvalue weighted by Crippen LogP contribution is -2.37. The van der Waals surface area contributed by atoms with Crippen LogP contribution in [0.4, 0.5) is 17.3 Å². The minimum absolute atomic E-state index is 0.193. The van der Waals surface area contributed by atoms with Gasteiger partial charge in [0.2, 0.25) is 6.79 Å². The summed E-state index contributed by atoms with van der Waals surface area (Å²) in [5.74, 6) is 9.05. The maximum atomic E-state index is 6.26. The molecule has 10 heteroatoms. The number of anilines is 3. The number of rotatable bonds is 6. The van der Waals surface area contributed by atoms with Gasteiger partial charge in [0.15, 0.2) is 11.5 Å². The van der Waals surface area contributed by atoms with E-state index in [2.05, 4.69) is 37.7 Å². The summed E-state index contributed by atoms with van der Waals surface area (Å²) in [6.45, 7) is 4.48. The number of benzene rings is 1. The Labute approximate surface area is 210 Å². The number of hydrogen-bond donors (Lipinski definition) is 1. The predicted molar refractivity (Wildman–Crippen MR) is 136 cm³/mol. The van der Waals surface area contributed by atoms with Gasteiger partial charge < -0.3 is 34.5 Å². The van der Waals surface area contributed by atoms with E-state index in [0.29, 0.717) is 54.9 Å². The van der Waals surface area contributed by atoms with Crippen molar-refractivity contribution in [3.63, 3.8) is 0 Å². The molecule has 0 bridgehead atoms. The quantitative estimate of drug-likeness (QED) is 0.519. The summed E-state index contributed by atoms with van der Waals surface area (Å²) in [5.41, 5.74) is 9.97. The van der Waals surface area contributed by atoms with Crippen LogP contribution in [0.1, 0.15) is 11.3 Å². The summed E-state index contributed by atoms with van der Waals surface area (Å²) in [6.07, 6.45) is 3.22. The molecule has 4 heterocycles. The molecular formula is C26H28N6O4. The van der Waals surface area contributed by atoms with E-state index in [1.54, 1.807) is 13.3 Å². The summed E-state index contributed by atoms with van der Waals surface area (Å²) in [4.78, 5) is 17.6. The average Bonchev–Trinajstić information content (AvgIpc) is 3.39. The molecule has 36 heavy (non-hydrogen) atoms. The second-order valence-electron chi connectivity index (χ2n) is 8.37. The molecule has 1 aromatic carbocycles. The Morgan fingerprint density at radius 3 is 2.75 bits per heavy atom. The highest BCUT2D eigenvalue weighted by molar-refractivity contribution is 5.80. The van der Waals surface area contributed by atoms with Crippen LogP contribution in [0, 0.1) is 11.8 Å². The fourth-order valence-corrected chi connectivity index (χ4v) is 4.12. The number of nitrogen functional groups attached to an aromatic ring is 1. The lowest BCUT2D eigenvalue weighted by atomic mass is 10.0. The zero-order chi connectivity index (χ0) is 24.9. The van der Waals surface area contributed by atoms with Crippen LogP contribution >= 0.6 is 0 Å². The number of methoxy groups -OCH3 is 1. The minimum Gasteiger partial charge on any atom is -0.454 e. The van der Waals surface area contributed by atoms with Crippen LogP contribution in [0.3, 0.4) is 0 Å². The van der Waals surface area contributed by atoms with Gasteiger partial charge in [0, 0.05) is 46.1 Å². The van der Waals surface area contributed by atoms with Crippen molar-refractivity contribution in [1.82, 2.24) is 15.0 Å². The van der Waals surface area contributed by atoms with Crippen LogP contribution in [-0.2, 0) is 9.47 Å². The number of hydrogen-bond acceptors (Lipinski definition) is 10. The molecule has 0 radical (unpaired) electrons. The van der Waals surface area contributed by atoms with Crippen LogP contribution in [0.25, 0.3) is 11.1 Å². The van der Waals surface area contributed by atoms with Gasteiger partial charge in [0.05, 0.1) is 36.6 Å². The van der Waals surface area contributed by atoms with Crippen molar-refractivity contribution in [2.45, 2.75) is 0 Å². The van der Waals surface area contributed by atoms with Crippen molar-refractivity contribution in [2.75, 3.05) is 75.9 Å². The van der Waals surface area contributed by atoms with Gasteiger partial charge in [-0.25, -0.2) is 15.0 Å². The minimum atomic E-state index is 0.193. The highest BCUT2D eigenvalue weighted by atomic mass is 16.7. The molecular weight excluding hydrogens is 460 g/mol. The van der Waals surface area contributed by atoms with Crippen molar-refractivity contribution < 1.29 is 18.9 Å². The van der Waals surface area contributed by atoms with E-state index in [-0.39, 0.29) is 6.79 Å². The van der Waals surface area contributed by atoms with Crippen molar-refractivity contribution in [1.29, 1.82) is 0 Å². The average molecular weight is 489 g/mol. The van der Waals surface area contributed by atoms with E-state index in [1.807, 2.05) is 25.2 Å². The van der Waals surface area contributed by atoms with Crippen molar-refractivity contribution in [2.24, 2.45) is 0 Å². The molecule has 0 saturated carbocycles. The SMILES string of the molecule is COCCN(C)c1cc(N2CCOCC2)ncc1C#Cc1ncnc(N)c1-c1ccc2c(c1)OCO2. The largest absolute Gasteiger partial charge is 0.454 e. The highest BCUT2D eigenvalue weighted by Gasteiger charge is 2.18. The normalized spacial score (nSPS) is 14.3. The smallest absolute Gasteiger partial charge is 0.231 e. The molecule has 0 unspecified atom stereocenters. The van der Waals surface area contributed by atoms with Gasteiger partial charge in [0.1, 0.15) is 23.7 Å². The van der Waals surface area contributed by atoms with E-state index >= 15 is 0 Å². The Kier molecular flexibility index (Phi) is 7.02. The third kappa shape index (κ3) is 4.98. The summed E-state index contributed by atoms with van der Waals surface area (Å²) >= 11 is 0. The fourth-order valence-electron chi connectivity index (χ4n) is 4.12. The zero-order valence-electron chi connectivity index (χ0n) is 20.4. The Bertz CT molecular complexity index is 1300. The first kappa shape index (κ1) is 23.7. The van der Waals surface area contributed by atoms with E-state index in [1.165, 1.54) is 6.33 Å². The summed E-state index contributed by atoms with van der Waals surface area (Å²) in [5, 5.41) is 0. The third-order valence-electron chi connectivity index (χ3n) is 6.10. The maximum Gasteiger partial charge on any atom is 0.231 e. The third-order valence-corrected chi connectivity index (χ3v) is 6.10. The van der Waals surface area contributed by atoms with Gasteiger partial charge in [-0.2, -0.15) is 0 Å². The second kappa shape index (κ2) is 10.7. The second-order valence-corrected chi connectivity index (χ2v) is 8.37. The first-order valence-electron chi connectivity index (χ1n) is 11.7. The van der Waals surface area contributed by atoms with E-state index in [9.17, 15) is 0 Å². The number of pyridine rings is 1. The van der Waals surface area contributed by atoms with Gasteiger partial charge in [0.25, 0.3) is 0 Å². The van der Waals surface area contributed by atoms with Crippen molar-refractivity contribution in [3.05, 3.63) is 48.0 Å². The topological polar surface area (TPSA) is 108 Å². The molecule has 0 spiro atoms. The molecule has 1 saturated heterocycles. The molecule has 2 aliphatic rings. The standard InChI is InChI=1S/C26H28N6O4/c1-31(7-10-33-2)21-14-24(32-8-11-34-12-9-32)28-15-19(21)3-5-20-25(26(27)30-16-29-20)18-4-6-22-23(13-18)36-17-35-22/h4,6,13-16H,7-12,17H2,1-2H3,(H2,27,29,30). The molecule has 2 aliphatic heterocycles. The molecule has 0 aliphatic carbocycles. The summed E-state index contributed by atoms with van der Waals surface area (Å²) < 4.78 is 21.7. The van der Waals surface area contributed by atoms with Gasteiger partial charge >= 0.3 is 0 Å². The number of fused-ring (bicyclic) bond motifs is 1. The molecule has 0 amide bonds. The summed E-state index contributed by atoms with van der Waals surface area (Å²) in [6, 6.07) is 7.68. The molecule has 10 nitrogen and oxygen atoms in total. The molecule has 186 valence electrons. The highest BCUT2D eigenvalue weighted by Crippen LogP contribution is 2.37. The van der Waals surface area contributed by atoms with E-state index < -0.39 is 0 Å². The number of nitrogens with two attached hydrogens (primary N) is 1. The van der Waals surface area contributed by atoms with Crippen LogP contribution in [-0.4, -0.2) is 75.4 Å². The van der Waals surface area contributed by atoms with E-state index in [0.717, 1.165) is 35.7 Å². The number of morpholine rings is 1.